The minimum Gasteiger partial charge on any atom is -0.506 e. The standard InChI is InChI=1S/C10H14ClNO2/c1-7(6-13)12-5-8-3-2-4-9(11)10(8)14/h2-4,7,12-14H,5-6H2,1H3. The zero-order valence-electron chi connectivity index (χ0n) is 8.00. The first-order valence-corrected chi connectivity index (χ1v) is 4.83. The Labute approximate surface area is 88.3 Å². The summed E-state index contributed by atoms with van der Waals surface area (Å²) in [5.41, 5.74) is 0.734. The second-order valence-electron chi connectivity index (χ2n) is 3.21. The van der Waals surface area contributed by atoms with Gasteiger partial charge in [0, 0.05) is 18.2 Å². The van der Waals surface area contributed by atoms with Crippen LogP contribution in [0.5, 0.6) is 5.75 Å². The van der Waals surface area contributed by atoms with Crippen molar-refractivity contribution < 1.29 is 10.2 Å². The zero-order valence-corrected chi connectivity index (χ0v) is 8.75. The largest absolute Gasteiger partial charge is 0.506 e. The van der Waals surface area contributed by atoms with Crippen molar-refractivity contribution >= 4 is 11.6 Å². The quantitative estimate of drug-likeness (QED) is 0.714. The molecule has 1 unspecified atom stereocenters. The van der Waals surface area contributed by atoms with Crippen LogP contribution in [0.3, 0.4) is 0 Å². The predicted molar refractivity (Wildman–Crippen MR) is 56.5 cm³/mol. The molecule has 0 amide bonds. The van der Waals surface area contributed by atoms with Crippen molar-refractivity contribution in [3.05, 3.63) is 28.8 Å². The third-order valence-corrected chi connectivity index (χ3v) is 2.29. The van der Waals surface area contributed by atoms with Crippen LogP contribution in [-0.4, -0.2) is 22.9 Å². The normalized spacial score (nSPS) is 12.8. The Morgan fingerprint density at radius 3 is 2.86 bits per heavy atom. The van der Waals surface area contributed by atoms with Gasteiger partial charge in [0.05, 0.1) is 11.6 Å². The molecule has 0 aliphatic rings. The van der Waals surface area contributed by atoms with Gasteiger partial charge in [-0.05, 0) is 13.0 Å². The molecule has 0 radical (unpaired) electrons. The number of phenols is 1. The Morgan fingerprint density at radius 1 is 1.50 bits per heavy atom. The number of hydrogen-bond acceptors (Lipinski definition) is 3. The molecule has 0 saturated carbocycles. The summed E-state index contributed by atoms with van der Waals surface area (Å²) in [5.74, 6) is 0.104. The lowest BCUT2D eigenvalue weighted by molar-refractivity contribution is 0.250. The highest BCUT2D eigenvalue weighted by Gasteiger charge is 2.05. The first-order chi connectivity index (χ1) is 6.65. The monoisotopic (exact) mass is 215 g/mol. The molecule has 4 heteroatoms. The summed E-state index contributed by atoms with van der Waals surface area (Å²) in [6, 6.07) is 5.21. The van der Waals surface area contributed by atoms with Gasteiger partial charge < -0.3 is 15.5 Å². The molecular formula is C10H14ClNO2. The molecule has 0 aliphatic heterocycles. The Bertz CT molecular complexity index is 304. The van der Waals surface area contributed by atoms with Crippen LogP contribution in [0.25, 0.3) is 0 Å². The lowest BCUT2D eigenvalue weighted by Crippen LogP contribution is -2.28. The molecule has 1 atom stereocenters. The van der Waals surface area contributed by atoms with E-state index in [9.17, 15) is 5.11 Å². The third kappa shape index (κ3) is 2.87. The van der Waals surface area contributed by atoms with Crippen LogP contribution in [-0.2, 0) is 6.54 Å². The van der Waals surface area contributed by atoms with Crippen molar-refractivity contribution in [1.82, 2.24) is 5.32 Å². The average Bonchev–Trinajstić information content (AvgIpc) is 2.20. The molecule has 0 aromatic heterocycles. The van der Waals surface area contributed by atoms with E-state index in [2.05, 4.69) is 5.32 Å². The highest BCUT2D eigenvalue weighted by molar-refractivity contribution is 6.32. The van der Waals surface area contributed by atoms with E-state index in [0.29, 0.717) is 11.6 Å². The fraction of sp³-hybridized carbons (Fsp3) is 0.400. The Morgan fingerprint density at radius 2 is 2.21 bits per heavy atom. The van der Waals surface area contributed by atoms with Gasteiger partial charge in [-0.1, -0.05) is 23.7 Å². The molecule has 3 N–H and O–H groups in total. The number of nitrogens with one attached hydrogen (secondary N) is 1. The molecule has 1 rings (SSSR count). The summed E-state index contributed by atoms with van der Waals surface area (Å²) in [4.78, 5) is 0. The molecular weight excluding hydrogens is 202 g/mol. The number of aromatic hydroxyl groups is 1. The van der Waals surface area contributed by atoms with Crippen molar-refractivity contribution in [2.45, 2.75) is 19.5 Å². The van der Waals surface area contributed by atoms with Crippen LogP contribution in [0.2, 0.25) is 5.02 Å². The lowest BCUT2D eigenvalue weighted by Gasteiger charge is -2.11. The van der Waals surface area contributed by atoms with Crippen molar-refractivity contribution in [2.75, 3.05) is 6.61 Å². The topological polar surface area (TPSA) is 52.5 Å². The van der Waals surface area contributed by atoms with Crippen LogP contribution in [0, 0.1) is 0 Å². The van der Waals surface area contributed by atoms with E-state index >= 15 is 0 Å². The third-order valence-electron chi connectivity index (χ3n) is 1.99. The van der Waals surface area contributed by atoms with E-state index in [1.54, 1.807) is 18.2 Å². The van der Waals surface area contributed by atoms with Gasteiger partial charge >= 0.3 is 0 Å². The smallest absolute Gasteiger partial charge is 0.138 e. The number of aliphatic hydroxyl groups excluding tert-OH is 1. The van der Waals surface area contributed by atoms with E-state index in [-0.39, 0.29) is 18.4 Å². The number of phenolic OH excluding ortho intramolecular Hbond substituents is 1. The second kappa shape index (κ2) is 5.20. The summed E-state index contributed by atoms with van der Waals surface area (Å²) in [6.07, 6.45) is 0. The van der Waals surface area contributed by atoms with E-state index in [0.717, 1.165) is 5.56 Å². The fourth-order valence-electron chi connectivity index (χ4n) is 1.05. The van der Waals surface area contributed by atoms with Gasteiger partial charge in [0.2, 0.25) is 0 Å². The van der Waals surface area contributed by atoms with Crippen molar-refractivity contribution in [1.29, 1.82) is 0 Å². The molecule has 0 fully saturated rings. The van der Waals surface area contributed by atoms with E-state index in [4.69, 9.17) is 16.7 Å². The molecule has 0 bridgehead atoms. The number of para-hydroxylation sites is 1. The molecule has 0 heterocycles. The summed E-state index contributed by atoms with van der Waals surface area (Å²) < 4.78 is 0. The van der Waals surface area contributed by atoms with Gasteiger partial charge in [-0.2, -0.15) is 0 Å². The van der Waals surface area contributed by atoms with E-state index in [1.165, 1.54) is 0 Å². The maximum Gasteiger partial charge on any atom is 0.138 e. The summed E-state index contributed by atoms with van der Waals surface area (Å²) in [5, 5.41) is 21.7. The maximum atomic E-state index is 9.55. The van der Waals surface area contributed by atoms with Crippen LogP contribution < -0.4 is 5.32 Å². The van der Waals surface area contributed by atoms with E-state index < -0.39 is 0 Å². The van der Waals surface area contributed by atoms with E-state index in [1.807, 2.05) is 6.92 Å². The molecule has 14 heavy (non-hydrogen) atoms. The van der Waals surface area contributed by atoms with Crippen LogP contribution in [0.4, 0.5) is 0 Å². The van der Waals surface area contributed by atoms with Gasteiger partial charge in [0.25, 0.3) is 0 Å². The molecule has 78 valence electrons. The molecule has 0 spiro atoms. The number of hydrogen-bond donors (Lipinski definition) is 3. The summed E-state index contributed by atoms with van der Waals surface area (Å²) in [6.45, 7) is 2.43. The number of halogens is 1. The fourth-order valence-corrected chi connectivity index (χ4v) is 1.25. The van der Waals surface area contributed by atoms with Gasteiger partial charge in [0.15, 0.2) is 0 Å². The van der Waals surface area contributed by atoms with Crippen molar-refractivity contribution in [2.24, 2.45) is 0 Å². The van der Waals surface area contributed by atoms with Crippen LogP contribution in [0.1, 0.15) is 12.5 Å². The van der Waals surface area contributed by atoms with Gasteiger partial charge in [-0.15, -0.1) is 0 Å². The minimum absolute atomic E-state index is 0.00776. The number of benzene rings is 1. The highest BCUT2D eigenvalue weighted by atomic mass is 35.5. The van der Waals surface area contributed by atoms with Gasteiger partial charge in [-0.3, -0.25) is 0 Å². The predicted octanol–water partition coefficient (Wildman–Crippen LogP) is 1.52. The van der Waals surface area contributed by atoms with Crippen LogP contribution >= 0.6 is 11.6 Å². The average molecular weight is 216 g/mol. The molecule has 0 aliphatic carbocycles. The summed E-state index contributed by atoms with van der Waals surface area (Å²) in [7, 11) is 0. The molecule has 1 aromatic rings. The number of rotatable bonds is 4. The second-order valence-corrected chi connectivity index (χ2v) is 3.62. The Kier molecular flexibility index (Phi) is 4.20. The first-order valence-electron chi connectivity index (χ1n) is 4.45. The molecule has 3 nitrogen and oxygen atoms in total. The highest BCUT2D eigenvalue weighted by Crippen LogP contribution is 2.26. The van der Waals surface area contributed by atoms with Gasteiger partial charge in [-0.25, -0.2) is 0 Å². The Balaban J connectivity index is 2.63. The van der Waals surface area contributed by atoms with Crippen molar-refractivity contribution in [3.63, 3.8) is 0 Å². The van der Waals surface area contributed by atoms with Gasteiger partial charge in [0.1, 0.15) is 5.75 Å². The van der Waals surface area contributed by atoms with Crippen molar-refractivity contribution in [3.8, 4) is 5.75 Å². The Hall–Kier alpha value is -0.770. The lowest BCUT2D eigenvalue weighted by atomic mass is 10.2. The minimum atomic E-state index is 0.00776. The van der Waals surface area contributed by atoms with Crippen LogP contribution in [0.15, 0.2) is 18.2 Å². The first kappa shape index (κ1) is 11.3. The molecule has 0 saturated heterocycles. The summed E-state index contributed by atoms with van der Waals surface area (Å²) >= 11 is 5.74. The zero-order chi connectivity index (χ0) is 10.6. The SMILES string of the molecule is CC(CO)NCc1cccc(Cl)c1O. The molecule has 1 aromatic carbocycles. The number of aliphatic hydroxyl groups is 1. The maximum absolute atomic E-state index is 9.55.